The number of nitrogens with zero attached hydrogens (tertiary/aromatic N) is 1. The number of carbonyl (C=O) groups is 1. The Labute approximate surface area is 163 Å². The highest BCUT2D eigenvalue weighted by Crippen LogP contribution is 2.38. The maximum Gasteiger partial charge on any atom is 0.227 e. The largest absolute Gasteiger partial charge is 0.493 e. The fraction of sp³-hybridized carbons (Fsp3) is 0.316. The first-order chi connectivity index (χ1) is 12.4. The number of carbonyl (C=O) groups excluding carboxylic acids is 1. The predicted molar refractivity (Wildman–Crippen MR) is 103 cm³/mol. The van der Waals surface area contributed by atoms with E-state index in [4.69, 9.17) is 37.4 Å². The molecule has 0 spiro atoms. The monoisotopic (exact) mass is 397 g/mol. The number of ether oxygens (including phenoxy) is 3. The molecule has 0 radical (unpaired) electrons. The summed E-state index contributed by atoms with van der Waals surface area (Å²) in [5, 5.41) is 0.927. The number of hydrogen-bond donors (Lipinski definition) is 0. The number of methoxy groups -OCH3 is 3. The SMILES string of the molecule is COc1cc(CC(=O)N(C)Cc2cccc(Cl)c2Cl)cc(OC)c1OC. The Morgan fingerprint density at radius 1 is 1.04 bits per heavy atom. The van der Waals surface area contributed by atoms with Crippen molar-refractivity contribution in [2.45, 2.75) is 13.0 Å². The van der Waals surface area contributed by atoms with E-state index in [1.807, 2.05) is 6.07 Å². The molecule has 2 aromatic carbocycles. The molecule has 0 atom stereocenters. The summed E-state index contributed by atoms with van der Waals surface area (Å²) in [6.07, 6.45) is 0.186. The van der Waals surface area contributed by atoms with Crippen molar-refractivity contribution in [1.82, 2.24) is 4.90 Å². The second kappa shape index (κ2) is 9.01. The molecule has 0 unspecified atom stereocenters. The molecule has 0 saturated heterocycles. The van der Waals surface area contributed by atoms with E-state index in [2.05, 4.69) is 0 Å². The van der Waals surface area contributed by atoms with Gasteiger partial charge in [0.1, 0.15) is 0 Å². The van der Waals surface area contributed by atoms with Crippen LogP contribution in [-0.2, 0) is 17.8 Å². The van der Waals surface area contributed by atoms with E-state index in [1.54, 1.807) is 36.2 Å². The highest BCUT2D eigenvalue weighted by Gasteiger charge is 2.17. The molecule has 0 heterocycles. The van der Waals surface area contributed by atoms with Crippen LogP contribution < -0.4 is 14.2 Å². The van der Waals surface area contributed by atoms with E-state index in [0.29, 0.717) is 33.8 Å². The van der Waals surface area contributed by atoms with Crippen LogP contribution in [0.15, 0.2) is 30.3 Å². The Kier molecular flexibility index (Phi) is 7.00. The Balaban J connectivity index is 2.17. The van der Waals surface area contributed by atoms with Gasteiger partial charge in [-0.25, -0.2) is 0 Å². The molecule has 7 heteroatoms. The van der Waals surface area contributed by atoms with Crippen molar-refractivity contribution in [2.24, 2.45) is 0 Å². The molecular weight excluding hydrogens is 377 g/mol. The second-order valence-electron chi connectivity index (χ2n) is 5.67. The Bertz CT molecular complexity index is 770. The Morgan fingerprint density at radius 3 is 2.19 bits per heavy atom. The minimum absolute atomic E-state index is 0.0738. The minimum atomic E-state index is -0.0738. The highest BCUT2D eigenvalue weighted by atomic mass is 35.5. The van der Waals surface area contributed by atoms with E-state index in [9.17, 15) is 4.79 Å². The lowest BCUT2D eigenvalue weighted by molar-refractivity contribution is -0.129. The number of hydrogen-bond acceptors (Lipinski definition) is 4. The smallest absolute Gasteiger partial charge is 0.227 e. The fourth-order valence-corrected chi connectivity index (χ4v) is 2.94. The number of likely N-dealkylation sites (N-methyl/N-ethyl adjacent to an activating group) is 1. The predicted octanol–water partition coefficient (Wildman–Crippen LogP) is 4.22. The lowest BCUT2D eigenvalue weighted by atomic mass is 10.1. The van der Waals surface area contributed by atoms with Crippen LogP contribution in [0.2, 0.25) is 10.0 Å². The quantitative estimate of drug-likeness (QED) is 0.701. The molecule has 0 saturated carbocycles. The van der Waals surface area contributed by atoms with E-state index in [1.165, 1.54) is 21.3 Å². The van der Waals surface area contributed by atoms with E-state index < -0.39 is 0 Å². The van der Waals surface area contributed by atoms with Crippen molar-refractivity contribution < 1.29 is 19.0 Å². The van der Waals surface area contributed by atoms with Crippen molar-refractivity contribution in [1.29, 1.82) is 0 Å². The average molecular weight is 398 g/mol. The molecular formula is C19H21Cl2NO4. The van der Waals surface area contributed by atoms with Crippen LogP contribution in [0.1, 0.15) is 11.1 Å². The third-order valence-corrected chi connectivity index (χ3v) is 4.80. The second-order valence-corrected chi connectivity index (χ2v) is 6.46. The van der Waals surface area contributed by atoms with Crippen molar-refractivity contribution in [3.63, 3.8) is 0 Å². The van der Waals surface area contributed by atoms with E-state index in [0.717, 1.165) is 11.1 Å². The average Bonchev–Trinajstić information content (AvgIpc) is 2.64. The molecule has 0 N–H and O–H groups in total. The Hall–Kier alpha value is -2.11. The van der Waals surface area contributed by atoms with Crippen molar-refractivity contribution in [3.8, 4) is 17.2 Å². The molecule has 1 amide bonds. The van der Waals surface area contributed by atoms with Gasteiger partial charge in [0.25, 0.3) is 0 Å². The maximum absolute atomic E-state index is 12.6. The molecule has 2 rings (SSSR count). The van der Waals surface area contributed by atoms with Crippen LogP contribution in [0.3, 0.4) is 0 Å². The van der Waals surface area contributed by atoms with Gasteiger partial charge in [-0.15, -0.1) is 0 Å². The van der Waals surface area contributed by atoms with Crippen molar-refractivity contribution in [3.05, 3.63) is 51.5 Å². The van der Waals surface area contributed by atoms with Crippen LogP contribution in [-0.4, -0.2) is 39.2 Å². The van der Waals surface area contributed by atoms with Crippen LogP contribution in [0, 0.1) is 0 Å². The van der Waals surface area contributed by atoms with Crippen LogP contribution in [0.25, 0.3) is 0 Å². The summed E-state index contributed by atoms with van der Waals surface area (Å²) in [5.74, 6) is 1.44. The molecule has 0 aliphatic rings. The summed E-state index contributed by atoms with van der Waals surface area (Å²) >= 11 is 12.2. The summed E-state index contributed by atoms with van der Waals surface area (Å²) in [6, 6.07) is 8.89. The topological polar surface area (TPSA) is 48.0 Å². The van der Waals surface area contributed by atoms with Gasteiger partial charge >= 0.3 is 0 Å². The van der Waals surface area contributed by atoms with Gasteiger partial charge in [0.2, 0.25) is 11.7 Å². The summed E-state index contributed by atoms with van der Waals surface area (Å²) in [5.41, 5.74) is 1.55. The molecule has 0 bridgehead atoms. The molecule has 26 heavy (non-hydrogen) atoms. The molecule has 0 fully saturated rings. The minimum Gasteiger partial charge on any atom is -0.493 e. The first-order valence-electron chi connectivity index (χ1n) is 7.87. The third-order valence-electron chi connectivity index (χ3n) is 3.94. The highest BCUT2D eigenvalue weighted by molar-refractivity contribution is 6.42. The number of rotatable bonds is 7. The van der Waals surface area contributed by atoms with Crippen LogP contribution >= 0.6 is 23.2 Å². The van der Waals surface area contributed by atoms with Crippen molar-refractivity contribution in [2.75, 3.05) is 28.4 Å². The fourth-order valence-electron chi connectivity index (χ4n) is 2.56. The number of benzene rings is 2. The lowest BCUT2D eigenvalue weighted by Gasteiger charge is -2.19. The number of halogens is 2. The zero-order valence-electron chi connectivity index (χ0n) is 15.1. The van der Waals surface area contributed by atoms with Crippen LogP contribution in [0.5, 0.6) is 17.2 Å². The van der Waals surface area contributed by atoms with Gasteiger partial charge in [-0.1, -0.05) is 35.3 Å². The molecule has 0 aliphatic carbocycles. The summed E-state index contributed by atoms with van der Waals surface area (Å²) in [4.78, 5) is 14.2. The molecule has 140 valence electrons. The zero-order valence-corrected chi connectivity index (χ0v) is 16.6. The van der Waals surface area contributed by atoms with Gasteiger partial charge in [-0.3, -0.25) is 4.79 Å². The number of amides is 1. The van der Waals surface area contributed by atoms with Crippen molar-refractivity contribution >= 4 is 29.1 Å². The van der Waals surface area contributed by atoms with Gasteiger partial charge in [0.05, 0.1) is 37.8 Å². The first-order valence-corrected chi connectivity index (χ1v) is 8.62. The van der Waals surface area contributed by atoms with Gasteiger partial charge in [-0.2, -0.15) is 0 Å². The van der Waals surface area contributed by atoms with E-state index >= 15 is 0 Å². The van der Waals surface area contributed by atoms with Gasteiger partial charge < -0.3 is 19.1 Å². The van der Waals surface area contributed by atoms with Gasteiger partial charge in [0, 0.05) is 13.6 Å². The normalized spacial score (nSPS) is 10.4. The Morgan fingerprint density at radius 2 is 1.65 bits per heavy atom. The lowest BCUT2D eigenvalue weighted by Crippen LogP contribution is -2.27. The maximum atomic E-state index is 12.6. The summed E-state index contributed by atoms with van der Waals surface area (Å²) < 4.78 is 15.9. The zero-order chi connectivity index (χ0) is 19.3. The molecule has 0 aliphatic heterocycles. The third kappa shape index (κ3) is 4.54. The molecule has 5 nitrogen and oxygen atoms in total. The first kappa shape index (κ1) is 20.2. The standard InChI is InChI=1S/C19H21Cl2NO4/c1-22(11-13-6-5-7-14(20)18(13)21)17(23)10-12-8-15(24-2)19(26-4)16(9-12)25-3/h5-9H,10-11H2,1-4H3. The van der Waals surface area contributed by atoms with E-state index in [-0.39, 0.29) is 12.3 Å². The molecule has 2 aromatic rings. The van der Waals surface area contributed by atoms with Gasteiger partial charge in [0.15, 0.2) is 11.5 Å². The molecule has 0 aromatic heterocycles. The summed E-state index contributed by atoms with van der Waals surface area (Å²) in [7, 11) is 6.33. The van der Waals surface area contributed by atoms with Gasteiger partial charge in [-0.05, 0) is 29.3 Å². The van der Waals surface area contributed by atoms with Crippen LogP contribution in [0.4, 0.5) is 0 Å². The summed E-state index contributed by atoms with van der Waals surface area (Å²) in [6.45, 7) is 0.364.